The fourth-order valence-corrected chi connectivity index (χ4v) is 2.77. The summed E-state index contributed by atoms with van der Waals surface area (Å²) in [5.74, 6) is 0.231. The van der Waals surface area contributed by atoms with E-state index in [2.05, 4.69) is 25.4 Å². The maximum Gasteiger partial charge on any atom is 0.246 e. The Kier molecular flexibility index (Phi) is 5.29. The molecule has 0 aliphatic carbocycles. The van der Waals surface area contributed by atoms with Crippen LogP contribution in [0.1, 0.15) is 18.7 Å². The minimum atomic E-state index is -0.387. The predicted molar refractivity (Wildman–Crippen MR) is 85.5 cm³/mol. The number of aromatic nitrogens is 4. The zero-order valence-electron chi connectivity index (χ0n) is 13.6. The van der Waals surface area contributed by atoms with Crippen molar-refractivity contribution in [1.82, 2.24) is 30.3 Å². The molecule has 10 heteroatoms. The molecule has 25 heavy (non-hydrogen) atoms. The van der Waals surface area contributed by atoms with Gasteiger partial charge in [0.25, 0.3) is 0 Å². The highest BCUT2D eigenvalue weighted by atomic mass is 16.5. The molecule has 2 aromatic rings. The van der Waals surface area contributed by atoms with Gasteiger partial charge in [-0.15, -0.1) is 0 Å². The lowest BCUT2D eigenvalue weighted by molar-refractivity contribution is -0.128. The van der Waals surface area contributed by atoms with Gasteiger partial charge >= 0.3 is 0 Å². The van der Waals surface area contributed by atoms with Crippen molar-refractivity contribution >= 4 is 11.8 Å². The Labute approximate surface area is 143 Å². The fourth-order valence-electron chi connectivity index (χ4n) is 2.77. The first kappa shape index (κ1) is 17.0. The van der Waals surface area contributed by atoms with Crippen LogP contribution in [0, 0.1) is 5.92 Å². The highest BCUT2D eigenvalue weighted by Gasteiger charge is 2.26. The SMILES string of the molecule is NC(=O)CN1CCC[C@@H](C(=O)NCc2nc(-c3ncccn3)no2)C1. The second kappa shape index (κ2) is 7.79. The first-order valence-corrected chi connectivity index (χ1v) is 8.00. The maximum absolute atomic E-state index is 12.3. The molecule has 1 aliphatic heterocycles. The molecule has 3 N–H and O–H groups in total. The Morgan fingerprint density at radius 2 is 2.12 bits per heavy atom. The van der Waals surface area contributed by atoms with Crippen LogP contribution >= 0.6 is 0 Å². The van der Waals surface area contributed by atoms with Gasteiger partial charge < -0.3 is 15.6 Å². The number of primary amides is 1. The average Bonchev–Trinajstić information content (AvgIpc) is 3.09. The number of hydrogen-bond acceptors (Lipinski definition) is 8. The topological polar surface area (TPSA) is 140 Å². The van der Waals surface area contributed by atoms with Crippen LogP contribution in [-0.4, -0.2) is 56.5 Å². The molecular formula is C15H19N7O3. The Hall–Kier alpha value is -2.88. The van der Waals surface area contributed by atoms with Gasteiger partial charge in [0.1, 0.15) is 0 Å². The van der Waals surface area contributed by atoms with Crippen molar-refractivity contribution in [3.63, 3.8) is 0 Å². The van der Waals surface area contributed by atoms with Crippen molar-refractivity contribution in [1.29, 1.82) is 0 Å². The Morgan fingerprint density at radius 1 is 1.32 bits per heavy atom. The first-order chi connectivity index (χ1) is 12.1. The third-order valence-electron chi connectivity index (χ3n) is 3.90. The van der Waals surface area contributed by atoms with E-state index in [1.54, 1.807) is 18.5 Å². The van der Waals surface area contributed by atoms with Gasteiger partial charge in [0.15, 0.2) is 0 Å². The minimum Gasteiger partial charge on any atom is -0.369 e. The number of likely N-dealkylation sites (tertiary alicyclic amines) is 1. The van der Waals surface area contributed by atoms with Crippen molar-refractivity contribution in [2.24, 2.45) is 11.7 Å². The number of carbonyl (C=O) groups excluding carboxylic acids is 2. The Balaban J connectivity index is 1.52. The third-order valence-corrected chi connectivity index (χ3v) is 3.90. The number of nitrogens with two attached hydrogens (primary N) is 1. The smallest absolute Gasteiger partial charge is 0.246 e. The average molecular weight is 345 g/mol. The van der Waals surface area contributed by atoms with Gasteiger partial charge in [-0.1, -0.05) is 5.16 Å². The number of rotatable bonds is 6. The number of amides is 2. The second-order valence-electron chi connectivity index (χ2n) is 5.84. The van der Waals surface area contributed by atoms with Gasteiger partial charge in [0.05, 0.1) is 19.0 Å². The largest absolute Gasteiger partial charge is 0.369 e. The lowest BCUT2D eigenvalue weighted by atomic mass is 9.97. The van der Waals surface area contributed by atoms with Crippen molar-refractivity contribution < 1.29 is 14.1 Å². The molecule has 0 radical (unpaired) electrons. The van der Waals surface area contributed by atoms with Crippen molar-refractivity contribution in [3.8, 4) is 11.6 Å². The maximum atomic E-state index is 12.3. The fraction of sp³-hybridized carbons (Fsp3) is 0.467. The molecule has 2 aromatic heterocycles. The van der Waals surface area contributed by atoms with Gasteiger partial charge in [0.2, 0.25) is 29.4 Å². The molecule has 132 valence electrons. The van der Waals surface area contributed by atoms with Crippen LogP contribution in [0.4, 0.5) is 0 Å². The van der Waals surface area contributed by atoms with Crippen LogP contribution in [0.25, 0.3) is 11.6 Å². The van der Waals surface area contributed by atoms with Crippen LogP contribution in [0.3, 0.4) is 0 Å². The van der Waals surface area contributed by atoms with Crippen molar-refractivity contribution in [3.05, 3.63) is 24.4 Å². The lowest BCUT2D eigenvalue weighted by Crippen LogP contribution is -2.45. The van der Waals surface area contributed by atoms with E-state index in [4.69, 9.17) is 10.3 Å². The number of nitrogens with zero attached hydrogens (tertiary/aromatic N) is 5. The number of carbonyl (C=O) groups is 2. The van der Waals surface area contributed by atoms with E-state index in [0.29, 0.717) is 12.4 Å². The van der Waals surface area contributed by atoms with E-state index in [-0.39, 0.29) is 42.5 Å². The number of hydrogen-bond donors (Lipinski definition) is 2. The number of nitrogens with one attached hydrogen (secondary N) is 1. The van der Waals surface area contributed by atoms with Crippen LogP contribution in [0.5, 0.6) is 0 Å². The predicted octanol–water partition coefficient (Wildman–Crippen LogP) is -0.660. The van der Waals surface area contributed by atoms with Gasteiger partial charge in [-0.05, 0) is 25.5 Å². The summed E-state index contributed by atoms with van der Waals surface area (Å²) >= 11 is 0. The summed E-state index contributed by atoms with van der Waals surface area (Å²) in [4.78, 5) is 37.5. The molecule has 10 nitrogen and oxygen atoms in total. The summed E-state index contributed by atoms with van der Waals surface area (Å²) in [6.45, 7) is 1.59. The number of piperidine rings is 1. The molecule has 0 unspecified atom stereocenters. The van der Waals surface area contributed by atoms with E-state index in [9.17, 15) is 9.59 Å². The van der Waals surface area contributed by atoms with Gasteiger partial charge in [-0.25, -0.2) is 9.97 Å². The Morgan fingerprint density at radius 3 is 2.88 bits per heavy atom. The second-order valence-corrected chi connectivity index (χ2v) is 5.84. The molecule has 0 saturated carbocycles. The van der Waals surface area contributed by atoms with Gasteiger partial charge in [-0.3, -0.25) is 14.5 Å². The van der Waals surface area contributed by atoms with Gasteiger partial charge in [-0.2, -0.15) is 4.98 Å². The van der Waals surface area contributed by atoms with Crippen LogP contribution in [0.2, 0.25) is 0 Å². The molecular weight excluding hydrogens is 326 g/mol. The molecule has 1 fully saturated rings. The normalized spacial score (nSPS) is 18.0. The molecule has 0 bridgehead atoms. The van der Waals surface area contributed by atoms with E-state index in [1.807, 2.05) is 4.90 Å². The monoisotopic (exact) mass is 345 g/mol. The van der Waals surface area contributed by atoms with Crippen LogP contribution in [-0.2, 0) is 16.1 Å². The highest BCUT2D eigenvalue weighted by molar-refractivity contribution is 5.79. The molecule has 0 aromatic carbocycles. The van der Waals surface area contributed by atoms with Crippen molar-refractivity contribution in [2.75, 3.05) is 19.6 Å². The zero-order valence-corrected chi connectivity index (χ0v) is 13.6. The van der Waals surface area contributed by atoms with Crippen LogP contribution < -0.4 is 11.1 Å². The molecule has 1 atom stereocenters. The van der Waals surface area contributed by atoms with E-state index in [0.717, 1.165) is 19.4 Å². The van der Waals surface area contributed by atoms with E-state index in [1.165, 1.54) is 0 Å². The first-order valence-electron chi connectivity index (χ1n) is 8.00. The van der Waals surface area contributed by atoms with Crippen LogP contribution in [0.15, 0.2) is 23.0 Å². The molecule has 2 amide bonds. The van der Waals surface area contributed by atoms with Gasteiger partial charge in [0, 0.05) is 18.9 Å². The summed E-state index contributed by atoms with van der Waals surface area (Å²) < 4.78 is 5.10. The van der Waals surface area contributed by atoms with E-state index < -0.39 is 0 Å². The summed E-state index contributed by atoms with van der Waals surface area (Å²) in [5.41, 5.74) is 5.21. The molecule has 1 aliphatic rings. The molecule has 3 heterocycles. The summed E-state index contributed by atoms with van der Waals surface area (Å²) in [6.07, 6.45) is 4.79. The standard InChI is InChI=1S/C15H19N7O3/c16-11(23)9-22-6-1-3-10(8-22)15(24)19-7-12-20-14(21-25-12)13-17-4-2-5-18-13/h2,4-5,10H,1,3,6-9H2,(H2,16,23)(H,19,24)/t10-/m1/s1. The molecule has 1 saturated heterocycles. The van der Waals surface area contributed by atoms with Crippen molar-refractivity contribution in [2.45, 2.75) is 19.4 Å². The summed E-state index contributed by atoms with van der Waals surface area (Å²) in [6, 6.07) is 1.69. The molecule has 0 spiro atoms. The van der Waals surface area contributed by atoms with E-state index >= 15 is 0 Å². The summed E-state index contributed by atoms with van der Waals surface area (Å²) in [7, 11) is 0. The minimum absolute atomic E-state index is 0.107. The lowest BCUT2D eigenvalue weighted by Gasteiger charge is -2.30. The zero-order chi connectivity index (χ0) is 17.6. The summed E-state index contributed by atoms with van der Waals surface area (Å²) in [5, 5.41) is 6.59. The highest BCUT2D eigenvalue weighted by Crippen LogP contribution is 2.16. The quantitative estimate of drug-likeness (QED) is 0.703. The molecule has 3 rings (SSSR count). The Bertz CT molecular complexity index is 734. The third kappa shape index (κ3) is 4.57.